The van der Waals surface area contributed by atoms with Crippen LogP contribution in [0.4, 0.5) is 22.7 Å². The fourth-order valence-corrected chi connectivity index (χ4v) is 10.7. The van der Waals surface area contributed by atoms with Gasteiger partial charge in [-0.2, -0.15) is 0 Å². The molecule has 7 aromatic rings. The minimum absolute atomic E-state index is 0.126. The second-order valence-corrected chi connectivity index (χ2v) is 19.2. The van der Waals surface area contributed by atoms with E-state index in [9.17, 15) is 0 Å². The Morgan fingerprint density at radius 1 is 0.364 bits per heavy atom. The first-order valence-corrected chi connectivity index (χ1v) is 23.7. The zero-order chi connectivity index (χ0) is 44.8. The Morgan fingerprint density at radius 2 is 0.712 bits per heavy atom. The van der Waals surface area contributed by atoms with Crippen LogP contribution in [0.3, 0.4) is 0 Å². The van der Waals surface area contributed by atoms with Crippen LogP contribution < -0.4 is 9.80 Å². The van der Waals surface area contributed by atoms with Gasteiger partial charge in [-0.25, -0.2) is 0 Å². The molecule has 0 aromatic heterocycles. The predicted octanol–water partition coefficient (Wildman–Crippen LogP) is 17.4. The molecule has 322 valence electrons. The van der Waals surface area contributed by atoms with Gasteiger partial charge in [0.15, 0.2) is 0 Å². The molecule has 7 aromatic carbocycles. The standard InChI is InChI=1S/C64H56N2/c1-63(2)59-41-47(33-37-55(59)57-39-35-53(43-61(57)63)65(49-17-9-5-10-18-49)50-19-11-6-12-20-50)31-29-45-25-27-46(28-26-45)30-32-48-34-38-56-58-40-36-54(44-62(58)64(3,4)60(56)42-48)66(51-21-13-7-14-22-51)52-23-15-8-16-24-52/h5-11,13-15,17-19,21-23,25-44H,12,16,20,24H2,1-4H3/b31-29+,32-30+. The minimum Gasteiger partial charge on any atom is -0.314 e. The molecule has 11 rings (SSSR count). The van der Waals surface area contributed by atoms with Gasteiger partial charge in [0.2, 0.25) is 0 Å². The molecule has 2 nitrogen and oxygen atoms in total. The molecule has 0 radical (unpaired) electrons. The quantitative estimate of drug-likeness (QED) is 0.127. The number of para-hydroxylation sites is 2. The second kappa shape index (κ2) is 16.9. The van der Waals surface area contributed by atoms with Gasteiger partial charge in [-0.05, 0) is 153 Å². The summed E-state index contributed by atoms with van der Waals surface area (Å²) in [5.41, 5.74) is 22.9. The summed E-state index contributed by atoms with van der Waals surface area (Å²) in [5.74, 6) is 0. The van der Waals surface area contributed by atoms with Gasteiger partial charge in [0, 0.05) is 45.0 Å². The summed E-state index contributed by atoms with van der Waals surface area (Å²) in [6.45, 7) is 9.51. The lowest BCUT2D eigenvalue weighted by molar-refractivity contribution is 0.660. The maximum Gasteiger partial charge on any atom is 0.0461 e. The highest BCUT2D eigenvalue weighted by atomic mass is 15.2. The fourth-order valence-electron chi connectivity index (χ4n) is 10.7. The first kappa shape index (κ1) is 41.3. The summed E-state index contributed by atoms with van der Waals surface area (Å²) in [6, 6.07) is 58.6. The van der Waals surface area contributed by atoms with Crippen molar-refractivity contribution in [2.24, 2.45) is 0 Å². The maximum atomic E-state index is 2.44. The van der Waals surface area contributed by atoms with E-state index in [0.717, 1.165) is 25.7 Å². The van der Waals surface area contributed by atoms with Gasteiger partial charge in [-0.3, -0.25) is 0 Å². The second-order valence-electron chi connectivity index (χ2n) is 19.2. The highest BCUT2D eigenvalue weighted by molar-refractivity contribution is 5.87. The van der Waals surface area contributed by atoms with E-state index in [1.54, 1.807) is 0 Å². The van der Waals surface area contributed by atoms with Crippen LogP contribution in [-0.2, 0) is 10.8 Å². The van der Waals surface area contributed by atoms with E-state index >= 15 is 0 Å². The average molecular weight is 853 g/mol. The summed E-state index contributed by atoms with van der Waals surface area (Å²) < 4.78 is 0. The first-order valence-electron chi connectivity index (χ1n) is 23.7. The lowest BCUT2D eigenvalue weighted by Crippen LogP contribution is -2.19. The Kier molecular flexibility index (Phi) is 10.5. The van der Waals surface area contributed by atoms with E-state index in [0.29, 0.717) is 0 Å². The topological polar surface area (TPSA) is 6.48 Å². The summed E-state index contributed by atoms with van der Waals surface area (Å²) in [7, 11) is 0. The summed E-state index contributed by atoms with van der Waals surface area (Å²) in [5, 5.41) is 0. The number of nitrogens with zero attached hydrogens (tertiary/aromatic N) is 2. The highest BCUT2D eigenvalue weighted by Crippen LogP contribution is 2.52. The fraction of sp³-hybridized carbons (Fsp3) is 0.156. The van der Waals surface area contributed by atoms with Gasteiger partial charge >= 0.3 is 0 Å². The Morgan fingerprint density at radius 3 is 1.09 bits per heavy atom. The number of benzene rings is 7. The van der Waals surface area contributed by atoms with Gasteiger partial charge in [0.05, 0.1) is 0 Å². The molecule has 66 heavy (non-hydrogen) atoms. The molecule has 4 aliphatic carbocycles. The normalized spacial score (nSPS) is 16.1. The maximum absolute atomic E-state index is 2.44. The Hall–Kier alpha value is -7.42. The van der Waals surface area contributed by atoms with Crippen LogP contribution in [-0.4, -0.2) is 0 Å². The molecule has 0 saturated heterocycles. The van der Waals surface area contributed by atoms with Gasteiger partial charge in [-0.1, -0.05) is 185 Å². The van der Waals surface area contributed by atoms with Crippen LogP contribution in [0.1, 0.15) is 97.9 Å². The Labute approximate surface area is 391 Å². The van der Waals surface area contributed by atoms with E-state index < -0.39 is 0 Å². The van der Waals surface area contributed by atoms with Gasteiger partial charge in [0.25, 0.3) is 0 Å². The van der Waals surface area contributed by atoms with E-state index in [1.807, 2.05) is 0 Å². The third-order valence-corrected chi connectivity index (χ3v) is 14.3. The molecule has 4 aliphatic rings. The van der Waals surface area contributed by atoms with Crippen molar-refractivity contribution in [1.82, 2.24) is 0 Å². The zero-order valence-electron chi connectivity index (χ0n) is 38.5. The molecular weight excluding hydrogens is 797 g/mol. The van der Waals surface area contributed by atoms with Crippen molar-refractivity contribution in [2.45, 2.75) is 64.2 Å². The predicted molar refractivity (Wildman–Crippen MR) is 282 cm³/mol. The molecule has 0 bridgehead atoms. The van der Waals surface area contributed by atoms with E-state index in [-0.39, 0.29) is 10.8 Å². The van der Waals surface area contributed by atoms with Crippen LogP contribution >= 0.6 is 0 Å². The van der Waals surface area contributed by atoms with E-state index in [4.69, 9.17) is 0 Å². The number of rotatable bonds is 10. The molecule has 0 N–H and O–H groups in total. The number of anilines is 4. The van der Waals surface area contributed by atoms with E-state index in [2.05, 4.69) is 256 Å². The largest absolute Gasteiger partial charge is 0.314 e. The van der Waals surface area contributed by atoms with Crippen LogP contribution in [0.2, 0.25) is 0 Å². The molecule has 0 atom stereocenters. The molecule has 0 heterocycles. The zero-order valence-corrected chi connectivity index (χ0v) is 38.5. The van der Waals surface area contributed by atoms with Gasteiger partial charge in [0.1, 0.15) is 0 Å². The number of hydrogen-bond acceptors (Lipinski definition) is 2. The van der Waals surface area contributed by atoms with Crippen molar-refractivity contribution in [3.8, 4) is 22.3 Å². The van der Waals surface area contributed by atoms with E-state index in [1.165, 1.54) is 101 Å². The average Bonchev–Trinajstić information content (AvgIpc) is 3.72. The van der Waals surface area contributed by atoms with Crippen molar-refractivity contribution in [1.29, 1.82) is 0 Å². The SMILES string of the molecule is CC1(C)c2cc(/C=C/c3ccc(/C=C/c4ccc5c(c4)C(C)(C)c4cc(N(C6=CC=CCC6)c6ccccc6)ccc4-5)cc3)ccc2-c2ccc(N(C3=CC=CCC3)c3ccccc3)cc21. The van der Waals surface area contributed by atoms with Crippen LogP contribution in [0, 0.1) is 0 Å². The number of fused-ring (bicyclic) bond motifs is 6. The third kappa shape index (κ3) is 7.51. The molecule has 0 amide bonds. The van der Waals surface area contributed by atoms with Crippen molar-refractivity contribution in [2.75, 3.05) is 9.80 Å². The summed E-state index contributed by atoms with van der Waals surface area (Å²) >= 11 is 0. The monoisotopic (exact) mass is 852 g/mol. The molecule has 0 unspecified atom stereocenters. The molecule has 0 fully saturated rings. The van der Waals surface area contributed by atoms with Crippen LogP contribution in [0.5, 0.6) is 0 Å². The first-order chi connectivity index (χ1) is 32.2. The molecule has 0 spiro atoms. The Bertz CT molecular complexity index is 2950. The van der Waals surface area contributed by atoms with Crippen LogP contribution in [0.25, 0.3) is 46.6 Å². The van der Waals surface area contributed by atoms with Gasteiger partial charge < -0.3 is 9.80 Å². The Balaban J connectivity index is 0.792. The smallest absolute Gasteiger partial charge is 0.0461 e. The summed E-state index contributed by atoms with van der Waals surface area (Å²) in [6.07, 6.45) is 26.6. The van der Waals surface area contributed by atoms with Gasteiger partial charge in [-0.15, -0.1) is 0 Å². The van der Waals surface area contributed by atoms with Crippen molar-refractivity contribution >= 4 is 47.1 Å². The minimum atomic E-state index is -0.126. The molecule has 0 aliphatic heterocycles. The van der Waals surface area contributed by atoms with Crippen molar-refractivity contribution < 1.29 is 0 Å². The van der Waals surface area contributed by atoms with Crippen LogP contribution in [0.15, 0.2) is 206 Å². The summed E-state index contributed by atoms with van der Waals surface area (Å²) in [4.78, 5) is 4.88. The lowest BCUT2D eigenvalue weighted by atomic mass is 9.81. The molecular formula is C64H56N2. The molecule has 0 saturated carbocycles. The van der Waals surface area contributed by atoms with Crippen molar-refractivity contribution in [3.63, 3.8) is 0 Å². The van der Waals surface area contributed by atoms with Crippen molar-refractivity contribution in [3.05, 3.63) is 250 Å². The molecule has 2 heteroatoms. The number of allylic oxidation sites excluding steroid dienone is 8. The number of hydrogen-bond donors (Lipinski definition) is 0. The third-order valence-electron chi connectivity index (χ3n) is 14.3. The highest BCUT2D eigenvalue weighted by Gasteiger charge is 2.37. The lowest BCUT2D eigenvalue weighted by Gasteiger charge is -2.30.